The maximum absolute atomic E-state index is 12.8. The summed E-state index contributed by atoms with van der Waals surface area (Å²) in [7, 11) is 1.28. The molecular weight excluding hydrogens is 470 g/mol. The lowest BCUT2D eigenvalue weighted by atomic mass is 10.1. The van der Waals surface area contributed by atoms with Crippen LogP contribution in [0.15, 0.2) is 46.0 Å². The number of Topliss-reactive ketones (excluding diaryl/α,β-unsaturated/α-hetero) is 1. The van der Waals surface area contributed by atoms with Crippen LogP contribution in [0.1, 0.15) is 39.6 Å². The minimum absolute atomic E-state index is 0.0523. The topological polar surface area (TPSA) is 131 Å². The number of ether oxygens (including phenoxy) is 1. The number of esters is 1. The number of carbonyl (C=O) groups excluding carboxylic acids is 2. The van der Waals surface area contributed by atoms with Gasteiger partial charge in [-0.05, 0) is 31.0 Å². The number of thiophene rings is 1. The molecule has 3 aromatic heterocycles. The summed E-state index contributed by atoms with van der Waals surface area (Å²) in [5.74, 6) is -1.66. The van der Waals surface area contributed by atoms with Gasteiger partial charge in [0.1, 0.15) is 21.1 Å². The summed E-state index contributed by atoms with van der Waals surface area (Å²) in [4.78, 5) is 51.7. The number of nitrogen functional groups attached to an aromatic ring is 1. The number of anilines is 1. The van der Waals surface area contributed by atoms with Gasteiger partial charge in [-0.2, -0.15) is 5.10 Å². The van der Waals surface area contributed by atoms with Crippen LogP contribution in [0.25, 0.3) is 15.9 Å². The van der Waals surface area contributed by atoms with Gasteiger partial charge in [0.15, 0.2) is 6.61 Å². The predicted octanol–water partition coefficient (Wildman–Crippen LogP) is 2.53. The number of aryl methyl sites for hydroxylation is 1. The predicted molar refractivity (Wildman–Crippen MR) is 133 cm³/mol. The minimum atomic E-state index is -0.825. The summed E-state index contributed by atoms with van der Waals surface area (Å²) in [6.45, 7) is 5.15. The highest BCUT2D eigenvalue weighted by Gasteiger charge is 2.24. The second kappa shape index (κ2) is 9.34. The van der Waals surface area contributed by atoms with Gasteiger partial charge in [-0.25, -0.2) is 14.3 Å². The summed E-state index contributed by atoms with van der Waals surface area (Å²) in [5, 5.41) is 5.34. The van der Waals surface area contributed by atoms with Crippen molar-refractivity contribution in [2.24, 2.45) is 13.0 Å². The monoisotopic (exact) mass is 495 g/mol. The van der Waals surface area contributed by atoms with Crippen LogP contribution in [-0.2, 0) is 18.3 Å². The molecular formula is C24H25N5O5S. The van der Waals surface area contributed by atoms with E-state index in [1.165, 1.54) is 23.0 Å². The molecule has 0 saturated carbocycles. The van der Waals surface area contributed by atoms with Crippen molar-refractivity contribution in [2.45, 2.75) is 27.3 Å². The molecule has 0 fully saturated rings. The smallest absolute Gasteiger partial charge is 0.348 e. The van der Waals surface area contributed by atoms with Crippen LogP contribution in [0.4, 0.5) is 5.82 Å². The second-order valence-corrected chi connectivity index (χ2v) is 9.60. The molecule has 2 N–H and O–H groups in total. The molecule has 1 aromatic carbocycles. The van der Waals surface area contributed by atoms with Gasteiger partial charge < -0.3 is 10.5 Å². The van der Waals surface area contributed by atoms with E-state index >= 15 is 0 Å². The average Bonchev–Trinajstić information content (AvgIpc) is 3.40. The molecule has 182 valence electrons. The van der Waals surface area contributed by atoms with Crippen LogP contribution in [-0.4, -0.2) is 37.3 Å². The fourth-order valence-electron chi connectivity index (χ4n) is 3.75. The number of aromatic nitrogens is 4. The summed E-state index contributed by atoms with van der Waals surface area (Å²) < 4.78 is 9.00. The number of benzene rings is 1. The van der Waals surface area contributed by atoms with Crippen LogP contribution < -0.4 is 17.0 Å². The third-order valence-corrected chi connectivity index (χ3v) is 6.58. The van der Waals surface area contributed by atoms with E-state index in [0.717, 1.165) is 26.2 Å². The van der Waals surface area contributed by atoms with Crippen molar-refractivity contribution >= 4 is 39.1 Å². The normalized spacial score (nSPS) is 11.3. The molecule has 0 bridgehead atoms. The first kappa shape index (κ1) is 24.1. The van der Waals surface area contributed by atoms with Gasteiger partial charge in [0.2, 0.25) is 5.78 Å². The van der Waals surface area contributed by atoms with E-state index in [9.17, 15) is 19.2 Å². The van der Waals surface area contributed by atoms with Gasteiger partial charge in [-0.15, -0.1) is 11.3 Å². The molecule has 0 aliphatic heterocycles. The van der Waals surface area contributed by atoms with Crippen molar-refractivity contribution in [1.82, 2.24) is 18.9 Å². The Balaban J connectivity index is 1.59. The number of para-hydroxylation sites is 1. The standard InChI is InChI=1S/C24H25N5O5S/c1-13(2)11-28-20(25)19(21(31)27(4)24(28)33)17(30)12-34-23(32)18-10-16-14(3)26-29(22(16)35-18)15-8-6-5-7-9-15/h5-10,13H,11-12,25H2,1-4H3. The van der Waals surface area contributed by atoms with Crippen molar-refractivity contribution in [3.8, 4) is 5.69 Å². The maximum atomic E-state index is 12.8. The van der Waals surface area contributed by atoms with E-state index in [1.807, 2.05) is 51.1 Å². The maximum Gasteiger partial charge on any atom is 0.348 e. The van der Waals surface area contributed by atoms with Crippen LogP contribution in [0.3, 0.4) is 0 Å². The Labute approximate surface area is 204 Å². The van der Waals surface area contributed by atoms with Crippen molar-refractivity contribution in [3.63, 3.8) is 0 Å². The lowest BCUT2D eigenvalue weighted by Gasteiger charge is -2.16. The number of carbonyl (C=O) groups is 2. The fourth-order valence-corrected chi connectivity index (χ4v) is 4.83. The van der Waals surface area contributed by atoms with Crippen LogP contribution in [0, 0.1) is 12.8 Å². The largest absolute Gasteiger partial charge is 0.453 e. The Morgan fingerprint density at radius 2 is 1.86 bits per heavy atom. The van der Waals surface area contributed by atoms with Gasteiger partial charge in [0, 0.05) is 19.0 Å². The molecule has 0 saturated heterocycles. The first-order valence-electron chi connectivity index (χ1n) is 10.9. The minimum Gasteiger partial charge on any atom is -0.453 e. The third-order valence-electron chi connectivity index (χ3n) is 5.49. The molecule has 0 spiro atoms. The number of nitrogens with two attached hydrogens (primary N) is 1. The van der Waals surface area contributed by atoms with Gasteiger partial charge >= 0.3 is 11.7 Å². The molecule has 0 aliphatic carbocycles. The zero-order valence-electron chi connectivity index (χ0n) is 19.8. The lowest BCUT2D eigenvalue weighted by Crippen LogP contribution is -2.43. The number of fused-ring (bicyclic) bond motifs is 1. The van der Waals surface area contributed by atoms with E-state index in [-0.39, 0.29) is 23.8 Å². The molecule has 11 heteroatoms. The number of hydrogen-bond acceptors (Lipinski definition) is 8. The number of nitrogens with zero attached hydrogens (tertiary/aromatic N) is 4. The molecule has 4 aromatic rings. The molecule has 4 rings (SSSR count). The Bertz CT molecular complexity index is 1560. The van der Waals surface area contributed by atoms with E-state index in [1.54, 1.807) is 10.7 Å². The zero-order valence-corrected chi connectivity index (χ0v) is 20.6. The highest BCUT2D eigenvalue weighted by atomic mass is 32.1. The third kappa shape index (κ3) is 4.42. The Hall–Kier alpha value is -3.99. The van der Waals surface area contributed by atoms with Gasteiger partial charge in [0.05, 0.1) is 11.4 Å². The van der Waals surface area contributed by atoms with E-state index < -0.39 is 29.6 Å². The molecule has 3 heterocycles. The Kier molecular flexibility index (Phi) is 6.44. The highest BCUT2D eigenvalue weighted by molar-refractivity contribution is 7.20. The molecule has 0 amide bonds. The molecule has 0 radical (unpaired) electrons. The number of ketones is 1. The molecule has 10 nitrogen and oxygen atoms in total. The van der Waals surface area contributed by atoms with E-state index in [0.29, 0.717) is 4.88 Å². The van der Waals surface area contributed by atoms with Crippen LogP contribution in [0.2, 0.25) is 0 Å². The number of hydrogen-bond donors (Lipinski definition) is 1. The van der Waals surface area contributed by atoms with Crippen LogP contribution >= 0.6 is 11.3 Å². The first-order valence-corrected chi connectivity index (χ1v) is 11.8. The molecule has 0 unspecified atom stereocenters. The molecule has 0 aliphatic rings. The highest BCUT2D eigenvalue weighted by Crippen LogP contribution is 2.30. The van der Waals surface area contributed by atoms with Crippen molar-refractivity contribution in [2.75, 3.05) is 12.3 Å². The molecule has 0 atom stereocenters. The van der Waals surface area contributed by atoms with Gasteiger partial charge in [-0.1, -0.05) is 32.0 Å². The fraction of sp³-hybridized carbons (Fsp3) is 0.292. The quantitative estimate of drug-likeness (QED) is 0.308. The molecule has 35 heavy (non-hydrogen) atoms. The van der Waals surface area contributed by atoms with Gasteiger partial charge in [-0.3, -0.25) is 18.7 Å². The summed E-state index contributed by atoms with van der Waals surface area (Å²) in [6.07, 6.45) is 0. The SMILES string of the molecule is Cc1nn(-c2ccccc2)c2sc(C(=O)OCC(=O)c3c(N)n(CC(C)C)c(=O)n(C)c3=O)cc12. The van der Waals surface area contributed by atoms with Crippen molar-refractivity contribution < 1.29 is 14.3 Å². The van der Waals surface area contributed by atoms with E-state index in [4.69, 9.17) is 10.5 Å². The summed E-state index contributed by atoms with van der Waals surface area (Å²) >= 11 is 1.19. The lowest BCUT2D eigenvalue weighted by molar-refractivity contribution is 0.0479. The van der Waals surface area contributed by atoms with Crippen LogP contribution in [0.5, 0.6) is 0 Å². The summed E-state index contributed by atoms with van der Waals surface area (Å²) in [5.41, 5.74) is 5.83. The zero-order chi connectivity index (χ0) is 25.4. The second-order valence-electron chi connectivity index (χ2n) is 8.57. The Morgan fingerprint density at radius 1 is 1.17 bits per heavy atom. The van der Waals surface area contributed by atoms with E-state index in [2.05, 4.69) is 5.10 Å². The van der Waals surface area contributed by atoms with Gasteiger partial charge in [0.25, 0.3) is 5.56 Å². The van der Waals surface area contributed by atoms with Crippen molar-refractivity contribution in [3.05, 3.63) is 73.4 Å². The number of rotatable bonds is 7. The van der Waals surface area contributed by atoms with Crippen molar-refractivity contribution in [1.29, 1.82) is 0 Å². The average molecular weight is 496 g/mol. The summed E-state index contributed by atoms with van der Waals surface area (Å²) in [6, 6.07) is 11.2. The first-order chi connectivity index (χ1) is 16.6. The Morgan fingerprint density at radius 3 is 2.51 bits per heavy atom.